The zero-order chi connectivity index (χ0) is 11.5. The number of nitrogens with zero attached hydrogens (tertiary/aromatic N) is 2. The molecule has 0 unspecified atom stereocenters. The summed E-state index contributed by atoms with van der Waals surface area (Å²) < 4.78 is 1.82. The van der Waals surface area contributed by atoms with Crippen LogP contribution in [0.25, 0.3) is 5.57 Å². The van der Waals surface area contributed by atoms with Crippen LogP contribution in [0.15, 0.2) is 12.3 Å². The van der Waals surface area contributed by atoms with Crippen LogP contribution < -0.4 is 5.32 Å². The fourth-order valence-corrected chi connectivity index (χ4v) is 2.13. The third-order valence-electron chi connectivity index (χ3n) is 2.87. The lowest BCUT2D eigenvalue weighted by molar-refractivity contribution is 0.690. The average Bonchev–Trinajstić information content (AvgIpc) is 3.00. The number of nitrogens with one attached hydrogen (secondary N) is 1. The van der Waals surface area contributed by atoms with E-state index >= 15 is 0 Å². The van der Waals surface area contributed by atoms with Gasteiger partial charge in [0.15, 0.2) is 0 Å². The minimum Gasteiger partial charge on any atom is -0.314 e. The van der Waals surface area contributed by atoms with E-state index in [4.69, 9.17) is 11.6 Å². The number of halogens is 1. The standard InChI is InChI=1S/C12H18ClN3/c1-9(4-3-7-14-10-5-6-10)12-11(13)8-15-16(12)2/h4,8,10,14H,3,5-7H2,1-2H3. The van der Waals surface area contributed by atoms with Gasteiger partial charge in [0, 0.05) is 13.1 Å². The summed E-state index contributed by atoms with van der Waals surface area (Å²) >= 11 is 6.07. The molecule has 1 fully saturated rings. The Bertz CT molecular complexity index is 371. The van der Waals surface area contributed by atoms with Gasteiger partial charge in [0.1, 0.15) is 0 Å². The Balaban J connectivity index is 1.89. The van der Waals surface area contributed by atoms with Crippen molar-refractivity contribution in [2.24, 2.45) is 7.05 Å². The molecule has 88 valence electrons. The molecule has 1 aromatic heterocycles. The maximum atomic E-state index is 6.07. The van der Waals surface area contributed by atoms with Crippen molar-refractivity contribution < 1.29 is 0 Å². The summed E-state index contributed by atoms with van der Waals surface area (Å²) in [6.07, 6.45) is 7.64. The highest BCUT2D eigenvalue weighted by molar-refractivity contribution is 6.32. The van der Waals surface area contributed by atoms with Gasteiger partial charge < -0.3 is 5.32 Å². The Morgan fingerprint density at radius 2 is 2.44 bits per heavy atom. The van der Waals surface area contributed by atoms with E-state index in [1.165, 1.54) is 18.4 Å². The van der Waals surface area contributed by atoms with Crippen LogP contribution in [0.3, 0.4) is 0 Å². The minimum atomic E-state index is 0.728. The van der Waals surface area contributed by atoms with E-state index in [0.29, 0.717) is 0 Å². The number of aromatic nitrogens is 2. The number of hydrogen-bond acceptors (Lipinski definition) is 2. The van der Waals surface area contributed by atoms with E-state index in [1.54, 1.807) is 6.20 Å². The summed E-state index contributed by atoms with van der Waals surface area (Å²) in [6.45, 7) is 3.14. The van der Waals surface area contributed by atoms with Gasteiger partial charge in [-0.25, -0.2) is 0 Å². The largest absolute Gasteiger partial charge is 0.314 e. The first-order valence-electron chi connectivity index (χ1n) is 5.76. The Hall–Kier alpha value is -0.800. The molecule has 0 amide bonds. The molecule has 0 bridgehead atoms. The van der Waals surface area contributed by atoms with Crippen molar-refractivity contribution in [2.75, 3.05) is 6.54 Å². The van der Waals surface area contributed by atoms with E-state index in [0.717, 1.165) is 29.7 Å². The number of allylic oxidation sites excluding steroid dienone is 1. The normalized spacial score (nSPS) is 16.8. The SMILES string of the molecule is CC(=CCCNC1CC1)c1c(Cl)cnn1C. The molecule has 2 rings (SSSR count). The van der Waals surface area contributed by atoms with Gasteiger partial charge in [-0.05, 0) is 38.3 Å². The third-order valence-corrected chi connectivity index (χ3v) is 3.15. The predicted molar refractivity (Wildman–Crippen MR) is 67.5 cm³/mol. The molecule has 4 heteroatoms. The second kappa shape index (κ2) is 5.02. The molecule has 16 heavy (non-hydrogen) atoms. The molecule has 0 aliphatic heterocycles. The Labute approximate surface area is 101 Å². The summed E-state index contributed by atoms with van der Waals surface area (Å²) in [5.41, 5.74) is 2.22. The Morgan fingerprint density at radius 3 is 3.00 bits per heavy atom. The summed E-state index contributed by atoms with van der Waals surface area (Å²) in [5.74, 6) is 0. The van der Waals surface area contributed by atoms with Gasteiger partial charge >= 0.3 is 0 Å². The highest BCUT2D eigenvalue weighted by atomic mass is 35.5. The Morgan fingerprint density at radius 1 is 1.69 bits per heavy atom. The van der Waals surface area contributed by atoms with Gasteiger partial charge in [0.25, 0.3) is 0 Å². The van der Waals surface area contributed by atoms with Crippen LogP contribution in [0.2, 0.25) is 5.02 Å². The minimum absolute atomic E-state index is 0.728. The first-order chi connectivity index (χ1) is 7.68. The van der Waals surface area contributed by atoms with Crippen LogP contribution in [-0.4, -0.2) is 22.4 Å². The van der Waals surface area contributed by atoms with Crippen molar-refractivity contribution >= 4 is 17.2 Å². The molecule has 1 aromatic rings. The number of rotatable bonds is 5. The zero-order valence-electron chi connectivity index (χ0n) is 9.83. The highest BCUT2D eigenvalue weighted by Gasteiger charge is 2.19. The Kier molecular flexibility index (Phi) is 3.66. The lowest BCUT2D eigenvalue weighted by atomic mass is 10.2. The molecular weight excluding hydrogens is 222 g/mol. The predicted octanol–water partition coefficient (Wildman–Crippen LogP) is 2.62. The highest BCUT2D eigenvalue weighted by Crippen LogP contribution is 2.23. The van der Waals surface area contributed by atoms with Crippen molar-refractivity contribution in [1.82, 2.24) is 15.1 Å². The van der Waals surface area contributed by atoms with Crippen LogP contribution >= 0.6 is 11.6 Å². The second-order valence-electron chi connectivity index (χ2n) is 4.37. The molecule has 3 nitrogen and oxygen atoms in total. The van der Waals surface area contributed by atoms with E-state index in [2.05, 4.69) is 23.4 Å². The van der Waals surface area contributed by atoms with E-state index in [-0.39, 0.29) is 0 Å². The summed E-state index contributed by atoms with van der Waals surface area (Å²) in [7, 11) is 1.92. The van der Waals surface area contributed by atoms with Crippen LogP contribution in [-0.2, 0) is 7.05 Å². The van der Waals surface area contributed by atoms with Crippen LogP contribution in [0, 0.1) is 0 Å². The second-order valence-corrected chi connectivity index (χ2v) is 4.78. The first-order valence-corrected chi connectivity index (χ1v) is 6.14. The maximum Gasteiger partial charge on any atom is 0.0862 e. The number of hydrogen-bond donors (Lipinski definition) is 1. The fraction of sp³-hybridized carbons (Fsp3) is 0.583. The molecular formula is C12H18ClN3. The van der Waals surface area contributed by atoms with Crippen molar-refractivity contribution in [3.05, 3.63) is 23.0 Å². The van der Waals surface area contributed by atoms with Crippen molar-refractivity contribution in [3.8, 4) is 0 Å². The lowest BCUT2D eigenvalue weighted by Crippen LogP contribution is -2.16. The van der Waals surface area contributed by atoms with Gasteiger partial charge in [-0.3, -0.25) is 4.68 Å². The topological polar surface area (TPSA) is 29.9 Å². The molecule has 0 spiro atoms. The first kappa shape index (κ1) is 11.7. The molecule has 0 saturated heterocycles. The van der Waals surface area contributed by atoms with Crippen LogP contribution in [0.1, 0.15) is 31.9 Å². The monoisotopic (exact) mass is 239 g/mol. The van der Waals surface area contributed by atoms with E-state index in [1.807, 2.05) is 11.7 Å². The van der Waals surface area contributed by atoms with Gasteiger partial charge in [0.05, 0.1) is 16.9 Å². The molecule has 1 saturated carbocycles. The maximum absolute atomic E-state index is 6.07. The molecule has 0 radical (unpaired) electrons. The van der Waals surface area contributed by atoms with E-state index < -0.39 is 0 Å². The average molecular weight is 240 g/mol. The van der Waals surface area contributed by atoms with Crippen LogP contribution in [0.5, 0.6) is 0 Å². The molecule has 1 N–H and O–H groups in total. The van der Waals surface area contributed by atoms with Gasteiger partial charge in [0.2, 0.25) is 0 Å². The molecule has 0 atom stereocenters. The summed E-state index contributed by atoms with van der Waals surface area (Å²) in [5, 5.41) is 8.35. The quantitative estimate of drug-likeness (QED) is 0.801. The van der Waals surface area contributed by atoms with Crippen molar-refractivity contribution in [2.45, 2.75) is 32.2 Å². The van der Waals surface area contributed by atoms with Crippen LogP contribution in [0.4, 0.5) is 0 Å². The zero-order valence-corrected chi connectivity index (χ0v) is 10.6. The van der Waals surface area contributed by atoms with Crippen molar-refractivity contribution in [1.29, 1.82) is 0 Å². The van der Waals surface area contributed by atoms with Gasteiger partial charge in [-0.1, -0.05) is 17.7 Å². The molecule has 1 aliphatic rings. The lowest BCUT2D eigenvalue weighted by Gasteiger charge is -2.04. The molecule has 1 aliphatic carbocycles. The summed E-state index contributed by atoms with van der Waals surface area (Å²) in [6, 6.07) is 0.786. The van der Waals surface area contributed by atoms with Gasteiger partial charge in [-0.15, -0.1) is 0 Å². The van der Waals surface area contributed by atoms with Crippen molar-refractivity contribution in [3.63, 3.8) is 0 Å². The number of aryl methyl sites for hydroxylation is 1. The molecule has 0 aromatic carbocycles. The smallest absolute Gasteiger partial charge is 0.0862 e. The summed E-state index contributed by atoms with van der Waals surface area (Å²) in [4.78, 5) is 0. The fourth-order valence-electron chi connectivity index (χ4n) is 1.81. The third kappa shape index (κ3) is 2.86. The van der Waals surface area contributed by atoms with Gasteiger partial charge in [-0.2, -0.15) is 5.10 Å². The van der Waals surface area contributed by atoms with E-state index in [9.17, 15) is 0 Å². The molecule has 1 heterocycles.